The number of fused-ring (bicyclic) bond motifs is 1. The average Bonchev–Trinajstić information content (AvgIpc) is 3.42. The molecule has 2 aliphatic rings. The quantitative estimate of drug-likeness (QED) is 0.625. The molecule has 1 aliphatic carbocycles. The Bertz CT molecular complexity index is 1230. The number of anilines is 1. The topological polar surface area (TPSA) is 102 Å². The first-order valence-electron chi connectivity index (χ1n) is 10.5. The van der Waals surface area contributed by atoms with Gasteiger partial charge >= 0.3 is 0 Å². The van der Waals surface area contributed by atoms with Crippen molar-refractivity contribution < 1.29 is 9.59 Å². The Balaban J connectivity index is 1.26. The molecule has 5 rings (SSSR count). The zero-order valence-corrected chi connectivity index (χ0v) is 17.6. The van der Waals surface area contributed by atoms with Gasteiger partial charge in [-0.1, -0.05) is 24.3 Å². The van der Waals surface area contributed by atoms with Crippen LogP contribution in [0.1, 0.15) is 47.1 Å². The predicted molar refractivity (Wildman–Crippen MR) is 115 cm³/mol. The van der Waals surface area contributed by atoms with Gasteiger partial charge in [-0.15, -0.1) is 5.10 Å². The number of hydrogen-bond acceptors (Lipinski definition) is 5. The highest BCUT2D eigenvalue weighted by atomic mass is 16.2. The lowest BCUT2D eigenvalue weighted by Crippen LogP contribution is -2.47. The molecule has 0 saturated heterocycles. The number of para-hydroxylation sites is 1. The normalized spacial score (nSPS) is 18.1. The molecule has 162 valence electrons. The van der Waals surface area contributed by atoms with E-state index in [0.29, 0.717) is 31.1 Å². The van der Waals surface area contributed by atoms with Crippen LogP contribution in [0.3, 0.4) is 0 Å². The summed E-state index contributed by atoms with van der Waals surface area (Å²) in [6, 6.07) is 8.52. The molecule has 0 radical (unpaired) electrons. The molecule has 1 N–H and O–H groups in total. The summed E-state index contributed by atoms with van der Waals surface area (Å²) in [5.41, 5.74) is 2.36. The second kappa shape index (κ2) is 7.92. The van der Waals surface area contributed by atoms with Crippen LogP contribution in [0.15, 0.2) is 36.7 Å². The van der Waals surface area contributed by atoms with Gasteiger partial charge in [-0.2, -0.15) is 5.10 Å². The predicted octanol–water partition coefficient (Wildman–Crippen LogP) is 2.12. The maximum absolute atomic E-state index is 13.0. The second-order valence-corrected chi connectivity index (χ2v) is 8.14. The van der Waals surface area contributed by atoms with E-state index in [1.54, 1.807) is 24.1 Å². The minimum absolute atomic E-state index is 0.0150. The Morgan fingerprint density at radius 2 is 2.06 bits per heavy atom. The van der Waals surface area contributed by atoms with Crippen molar-refractivity contribution in [1.29, 1.82) is 0 Å². The molecule has 32 heavy (non-hydrogen) atoms. The number of nitrogens with zero attached hydrogens (tertiary/aromatic N) is 7. The molecule has 1 fully saturated rings. The van der Waals surface area contributed by atoms with E-state index >= 15 is 0 Å². The van der Waals surface area contributed by atoms with Crippen molar-refractivity contribution in [2.75, 3.05) is 11.9 Å². The van der Waals surface area contributed by atoms with E-state index in [4.69, 9.17) is 6.57 Å². The van der Waals surface area contributed by atoms with Gasteiger partial charge < -0.3 is 5.32 Å². The third-order valence-corrected chi connectivity index (χ3v) is 5.86. The van der Waals surface area contributed by atoms with Gasteiger partial charge in [0.1, 0.15) is 18.2 Å². The molecule has 0 unspecified atom stereocenters. The number of likely N-dealkylation sites (N-methyl/N-ethyl adjacent to an activating group) is 1. The highest BCUT2D eigenvalue weighted by molar-refractivity contribution is 6.00. The minimum atomic E-state index is -0.687. The molecule has 2 amide bonds. The SMILES string of the molecule is [C-]#[N+]c1ccccc1Cn1cnc(C(=O)N[C@H]2CCn3nc(C4CC4)cc3N(C)C2=O)n1. The van der Waals surface area contributed by atoms with Gasteiger partial charge in [-0.3, -0.25) is 14.5 Å². The standard InChI is InChI=1S/C22H22N8O2/c1-23-16-6-4-3-5-15(16)12-29-13-24-20(27-29)21(31)25-17-9-10-30-19(28(2)22(17)32)11-18(26-30)14-7-8-14/h3-6,11,13-14,17H,7-10,12H2,2H3,(H,25,31)/t17-/m0/s1. The number of rotatable bonds is 5. The summed E-state index contributed by atoms with van der Waals surface area (Å²) in [4.78, 5) is 34.9. The molecular weight excluding hydrogens is 408 g/mol. The Hall–Kier alpha value is -4.00. The van der Waals surface area contributed by atoms with E-state index in [9.17, 15) is 9.59 Å². The summed E-state index contributed by atoms with van der Waals surface area (Å²) in [7, 11) is 1.71. The molecule has 0 bridgehead atoms. The molecule has 2 aromatic heterocycles. The number of hydrogen-bond donors (Lipinski definition) is 1. The van der Waals surface area contributed by atoms with Crippen molar-refractivity contribution in [3.63, 3.8) is 0 Å². The van der Waals surface area contributed by atoms with Crippen LogP contribution in [0.25, 0.3) is 4.85 Å². The second-order valence-electron chi connectivity index (χ2n) is 8.14. The van der Waals surface area contributed by atoms with Crippen molar-refractivity contribution in [1.82, 2.24) is 29.9 Å². The molecule has 1 saturated carbocycles. The van der Waals surface area contributed by atoms with E-state index in [1.807, 2.05) is 22.9 Å². The van der Waals surface area contributed by atoms with Crippen molar-refractivity contribution in [2.24, 2.45) is 0 Å². The molecule has 3 heterocycles. The van der Waals surface area contributed by atoms with Gasteiger partial charge in [-0.05, 0) is 24.8 Å². The fourth-order valence-corrected chi connectivity index (χ4v) is 3.92. The van der Waals surface area contributed by atoms with Crippen molar-refractivity contribution in [3.8, 4) is 0 Å². The molecule has 10 nitrogen and oxygen atoms in total. The monoisotopic (exact) mass is 430 g/mol. The number of aryl methyl sites for hydroxylation is 1. The molecule has 10 heteroatoms. The molecule has 3 aromatic rings. The Morgan fingerprint density at radius 3 is 2.84 bits per heavy atom. The lowest BCUT2D eigenvalue weighted by molar-refractivity contribution is -0.120. The van der Waals surface area contributed by atoms with Crippen LogP contribution in [0.4, 0.5) is 11.5 Å². The van der Waals surface area contributed by atoms with Gasteiger partial charge in [0.25, 0.3) is 11.8 Å². The van der Waals surface area contributed by atoms with Crippen LogP contribution in [-0.2, 0) is 17.9 Å². The van der Waals surface area contributed by atoms with Crippen LogP contribution in [0, 0.1) is 6.57 Å². The maximum atomic E-state index is 13.0. The number of nitrogens with one attached hydrogen (secondary N) is 1. The largest absolute Gasteiger partial charge is 0.337 e. The van der Waals surface area contributed by atoms with Crippen LogP contribution in [0.5, 0.6) is 0 Å². The van der Waals surface area contributed by atoms with Crippen molar-refractivity contribution in [3.05, 3.63) is 65.2 Å². The first-order chi connectivity index (χ1) is 15.5. The number of amides is 2. The molecule has 1 aromatic carbocycles. The van der Waals surface area contributed by atoms with Gasteiger partial charge in [0.05, 0.1) is 18.8 Å². The third kappa shape index (κ3) is 3.73. The summed E-state index contributed by atoms with van der Waals surface area (Å²) >= 11 is 0. The summed E-state index contributed by atoms with van der Waals surface area (Å²) in [6.07, 6.45) is 4.18. The lowest BCUT2D eigenvalue weighted by Gasteiger charge is -2.19. The van der Waals surface area contributed by atoms with Gasteiger partial charge in [0.2, 0.25) is 5.82 Å². The Morgan fingerprint density at radius 1 is 1.25 bits per heavy atom. The smallest absolute Gasteiger partial charge is 0.291 e. The average molecular weight is 430 g/mol. The summed E-state index contributed by atoms with van der Waals surface area (Å²) in [5, 5.41) is 11.6. The Kier molecular flexibility index (Phi) is 4.93. The van der Waals surface area contributed by atoms with Crippen molar-refractivity contribution >= 4 is 23.3 Å². The van der Waals surface area contributed by atoms with Gasteiger partial charge in [-0.25, -0.2) is 19.2 Å². The molecule has 0 spiro atoms. The Labute approximate surface area is 184 Å². The van der Waals surface area contributed by atoms with Crippen LogP contribution in [-0.4, -0.2) is 49.4 Å². The van der Waals surface area contributed by atoms with Gasteiger partial charge in [0.15, 0.2) is 5.69 Å². The first kappa shape index (κ1) is 19.9. The summed E-state index contributed by atoms with van der Waals surface area (Å²) in [5.74, 6) is 0.557. The van der Waals surface area contributed by atoms with E-state index in [2.05, 4.69) is 25.3 Å². The molecular formula is C22H22N8O2. The third-order valence-electron chi connectivity index (χ3n) is 5.86. The number of carbonyl (C=O) groups is 2. The van der Waals surface area contributed by atoms with E-state index in [-0.39, 0.29) is 11.7 Å². The van der Waals surface area contributed by atoms with Crippen LogP contribution >= 0.6 is 0 Å². The van der Waals surface area contributed by atoms with E-state index < -0.39 is 11.9 Å². The minimum Gasteiger partial charge on any atom is -0.337 e. The number of aromatic nitrogens is 5. The zero-order chi connectivity index (χ0) is 22.2. The van der Waals surface area contributed by atoms with Crippen LogP contribution < -0.4 is 10.2 Å². The van der Waals surface area contributed by atoms with Crippen molar-refractivity contribution in [2.45, 2.75) is 44.3 Å². The fourth-order valence-electron chi connectivity index (χ4n) is 3.92. The van der Waals surface area contributed by atoms with E-state index in [0.717, 1.165) is 29.9 Å². The molecule has 1 aliphatic heterocycles. The summed E-state index contributed by atoms with van der Waals surface area (Å²) < 4.78 is 3.36. The van der Waals surface area contributed by atoms with E-state index in [1.165, 1.54) is 11.0 Å². The molecule has 1 atom stereocenters. The highest BCUT2D eigenvalue weighted by Gasteiger charge is 2.34. The van der Waals surface area contributed by atoms with Gasteiger partial charge in [0, 0.05) is 25.6 Å². The van der Waals surface area contributed by atoms with Crippen LogP contribution in [0.2, 0.25) is 0 Å². The lowest BCUT2D eigenvalue weighted by atomic mass is 10.2. The fraction of sp³-hybridized carbons (Fsp3) is 0.364. The number of carbonyl (C=O) groups excluding carboxylic acids is 2. The maximum Gasteiger partial charge on any atom is 0.291 e. The first-order valence-corrected chi connectivity index (χ1v) is 10.5. The zero-order valence-electron chi connectivity index (χ0n) is 17.6. The highest BCUT2D eigenvalue weighted by Crippen LogP contribution is 2.40. The summed E-state index contributed by atoms with van der Waals surface area (Å²) in [6.45, 7) is 8.13. The number of benzene rings is 1.